The van der Waals surface area contributed by atoms with Crippen LogP contribution in [0.3, 0.4) is 0 Å². The van der Waals surface area contributed by atoms with Crippen molar-refractivity contribution >= 4 is 17.7 Å². The molecule has 3 atom stereocenters. The number of rotatable bonds is 4. The summed E-state index contributed by atoms with van der Waals surface area (Å²) in [5.41, 5.74) is 3.47. The van der Waals surface area contributed by atoms with Gasteiger partial charge in [0.15, 0.2) is 0 Å². The van der Waals surface area contributed by atoms with Crippen molar-refractivity contribution in [2.75, 3.05) is 32.1 Å². The molecule has 3 aromatic carbocycles. The second-order valence-electron chi connectivity index (χ2n) is 9.66. The standard InChI is InChI=1S/C31H31N3O4/c1-38-26-17-15-25(16-18-26)32-31(37)33-19-5-6-20-34-27(21-33)28(29(34)30(35)36)24-13-11-23(12-14-24)10-9-22-7-3-2-4-8-22/h2-4,7-8,11-18,27-29H,5-6,19-21H2,1H3,(H,32,37)(H,35,36)/t27-,28?,29-/m0/s1. The Hall–Kier alpha value is -4.28. The largest absolute Gasteiger partial charge is 0.497 e. The van der Waals surface area contributed by atoms with Gasteiger partial charge in [-0.1, -0.05) is 42.2 Å². The van der Waals surface area contributed by atoms with Gasteiger partial charge in [-0.25, -0.2) is 4.79 Å². The minimum absolute atomic E-state index is 0.0701. The van der Waals surface area contributed by atoms with E-state index in [-0.39, 0.29) is 18.0 Å². The number of urea groups is 1. The molecular weight excluding hydrogens is 478 g/mol. The molecule has 0 aromatic heterocycles. The Morgan fingerprint density at radius 2 is 1.55 bits per heavy atom. The van der Waals surface area contributed by atoms with Crippen LogP contribution in [-0.2, 0) is 4.79 Å². The van der Waals surface area contributed by atoms with E-state index in [1.165, 1.54) is 0 Å². The predicted octanol–water partition coefficient (Wildman–Crippen LogP) is 4.64. The SMILES string of the molecule is COc1ccc(NC(=O)N2CCCCN3[C@H](C(=O)O)C(c4ccc(C#Cc5ccccc5)cc4)[C@@H]3C2)cc1. The Morgan fingerprint density at radius 1 is 0.895 bits per heavy atom. The van der Waals surface area contributed by atoms with Gasteiger partial charge in [-0.05, 0) is 73.5 Å². The first-order valence-corrected chi connectivity index (χ1v) is 12.9. The molecule has 2 N–H and O–H groups in total. The normalized spacial score (nSPS) is 21.0. The molecule has 7 nitrogen and oxygen atoms in total. The van der Waals surface area contributed by atoms with Crippen LogP contribution >= 0.6 is 0 Å². The van der Waals surface area contributed by atoms with Gasteiger partial charge in [0, 0.05) is 41.9 Å². The van der Waals surface area contributed by atoms with Gasteiger partial charge in [0.1, 0.15) is 11.8 Å². The highest BCUT2D eigenvalue weighted by Crippen LogP contribution is 2.42. The van der Waals surface area contributed by atoms with Crippen molar-refractivity contribution in [3.63, 3.8) is 0 Å². The van der Waals surface area contributed by atoms with Gasteiger partial charge in [-0.15, -0.1) is 0 Å². The molecule has 0 radical (unpaired) electrons. The number of carboxylic acid groups (broad SMARTS) is 1. The predicted molar refractivity (Wildman–Crippen MR) is 146 cm³/mol. The molecule has 0 saturated carbocycles. The minimum Gasteiger partial charge on any atom is -0.497 e. The van der Waals surface area contributed by atoms with Crippen molar-refractivity contribution in [1.29, 1.82) is 0 Å². The molecule has 2 aliphatic heterocycles. The highest BCUT2D eigenvalue weighted by Gasteiger charge is 2.53. The quantitative estimate of drug-likeness (QED) is 0.501. The van der Waals surface area contributed by atoms with Crippen LogP contribution in [0.4, 0.5) is 10.5 Å². The number of benzene rings is 3. The van der Waals surface area contributed by atoms with Crippen molar-refractivity contribution < 1.29 is 19.4 Å². The molecule has 0 aliphatic carbocycles. The van der Waals surface area contributed by atoms with Crippen LogP contribution in [0.1, 0.15) is 35.4 Å². The Morgan fingerprint density at radius 3 is 2.21 bits per heavy atom. The van der Waals surface area contributed by atoms with E-state index < -0.39 is 12.0 Å². The molecule has 5 rings (SSSR count). The highest BCUT2D eigenvalue weighted by atomic mass is 16.5. The number of fused-ring (bicyclic) bond motifs is 1. The third-order valence-corrected chi connectivity index (χ3v) is 7.34. The zero-order chi connectivity index (χ0) is 26.5. The summed E-state index contributed by atoms with van der Waals surface area (Å²) in [6.45, 7) is 1.81. The first kappa shape index (κ1) is 25.4. The van der Waals surface area contributed by atoms with Crippen LogP contribution in [-0.4, -0.2) is 65.7 Å². The molecule has 7 heteroatoms. The summed E-state index contributed by atoms with van der Waals surface area (Å²) in [7, 11) is 1.60. The average Bonchev–Trinajstić information content (AvgIpc) is 2.92. The monoisotopic (exact) mass is 509 g/mol. The zero-order valence-corrected chi connectivity index (χ0v) is 21.3. The summed E-state index contributed by atoms with van der Waals surface area (Å²) in [5, 5.41) is 13.1. The van der Waals surface area contributed by atoms with E-state index in [1.54, 1.807) is 19.2 Å². The molecule has 2 amide bonds. The number of ether oxygens (including phenoxy) is 1. The van der Waals surface area contributed by atoms with Crippen molar-refractivity contribution in [1.82, 2.24) is 9.80 Å². The first-order chi connectivity index (χ1) is 18.5. The minimum atomic E-state index is -0.825. The molecule has 1 unspecified atom stereocenters. The van der Waals surface area contributed by atoms with Gasteiger partial charge < -0.3 is 20.1 Å². The van der Waals surface area contributed by atoms with E-state index in [2.05, 4.69) is 17.2 Å². The Labute approximate surface area is 223 Å². The smallest absolute Gasteiger partial charge is 0.321 e. The molecule has 2 fully saturated rings. The summed E-state index contributed by atoms with van der Waals surface area (Å²) < 4.78 is 5.19. The van der Waals surface area contributed by atoms with Gasteiger partial charge in [-0.3, -0.25) is 9.69 Å². The topological polar surface area (TPSA) is 82.1 Å². The van der Waals surface area contributed by atoms with Gasteiger partial charge in [0.25, 0.3) is 0 Å². The lowest BCUT2D eigenvalue weighted by atomic mass is 9.74. The number of nitrogens with one attached hydrogen (secondary N) is 1. The fourth-order valence-corrected chi connectivity index (χ4v) is 5.38. The zero-order valence-electron chi connectivity index (χ0n) is 21.3. The van der Waals surface area contributed by atoms with Gasteiger partial charge in [-0.2, -0.15) is 0 Å². The lowest BCUT2D eigenvalue weighted by Gasteiger charge is -2.55. The van der Waals surface area contributed by atoms with Crippen LogP contribution in [0, 0.1) is 11.8 Å². The summed E-state index contributed by atoms with van der Waals surface area (Å²) in [5.74, 6) is 6.02. The van der Waals surface area contributed by atoms with Crippen LogP contribution in [0.5, 0.6) is 5.75 Å². The van der Waals surface area contributed by atoms with E-state index in [4.69, 9.17) is 4.74 Å². The second-order valence-corrected chi connectivity index (χ2v) is 9.66. The van der Waals surface area contributed by atoms with Gasteiger partial charge >= 0.3 is 12.0 Å². The maximum Gasteiger partial charge on any atom is 0.321 e. The van der Waals surface area contributed by atoms with E-state index in [0.29, 0.717) is 25.3 Å². The Balaban J connectivity index is 1.33. The van der Waals surface area contributed by atoms with Crippen molar-refractivity contribution in [3.05, 3.63) is 95.6 Å². The number of carboxylic acids is 1. The fourth-order valence-electron chi connectivity index (χ4n) is 5.38. The van der Waals surface area contributed by atoms with Crippen LogP contribution in [0.15, 0.2) is 78.9 Å². The van der Waals surface area contributed by atoms with Crippen molar-refractivity contribution in [2.45, 2.75) is 30.8 Å². The lowest BCUT2D eigenvalue weighted by Crippen LogP contribution is -2.69. The summed E-state index contributed by atoms with van der Waals surface area (Å²) in [6.07, 6.45) is 1.67. The second kappa shape index (κ2) is 11.4. The number of anilines is 1. The highest BCUT2D eigenvalue weighted by molar-refractivity contribution is 5.89. The van der Waals surface area contributed by atoms with Crippen molar-refractivity contribution in [2.24, 2.45) is 0 Å². The number of amides is 2. The molecule has 2 heterocycles. The third-order valence-electron chi connectivity index (χ3n) is 7.34. The molecule has 0 bridgehead atoms. The lowest BCUT2D eigenvalue weighted by molar-refractivity contribution is -0.156. The maximum atomic E-state index is 13.2. The molecule has 194 valence electrons. The Kier molecular flexibility index (Phi) is 7.62. The summed E-state index contributed by atoms with van der Waals surface area (Å²) in [6, 6.07) is 24.0. The first-order valence-electron chi connectivity index (χ1n) is 12.9. The number of carbonyl (C=O) groups excluding carboxylic acids is 1. The number of carbonyl (C=O) groups is 2. The van der Waals surface area contributed by atoms with E-state index in [0.717, 1.165) is 35.3 Å². The van der Waals surface area contributed by atoms with Crippen LogP contribution < -0.4 is 10.1 Å². The van der Waals surface area contributed by atoms with Gasteiger partial charge in [0.2, 0.25) is 0 Å². The molecule has 3 aromatic rings. The van der Waals surface area contributed by atoms with E-state index in [9.17, 15) is 14.7 Å². The molecule has 0 spiro atoms. The third kappa shape index (κ3) is 5.51. The molecule has 2 aliphatic rings. The Bertz CT molecular complexity index is 1330. The summed E-state index contributed by atoms with van der Waals surface area (Å²) >= 11 is 0. The number of hydrogen-bond acceptors (Lipinski definition) is 4. The van der Waals surface area contributed by atoms with Crippen LogP contribution in [0.2, 0.25) is 0 Å². The van der Waals surface area contributed by atoms with E-state index in [1.807, 2.05) is 76.5 Å². The van der Waals surface area contributed by atoms with E-state index >= 15 is 0 Å². The number of methoxy groups -OCH3 is 1. The van der Waals surface area contributed by atoms with Gasteiger partial charge in [0.05, 0.1) is 7.11 Å². The fraction of sp³-hybridized carbons (Fsp3) is 0.290. The number of nitrogens with zero attached hydrogens (tertiary/aromatic N) is 2. The number of hydrogen-bond donors (Lipinski definition) is 2. The molecular formula is C31H31N3O4. The maximum absolute atomic E-state index is 13.2. The van der Waals surface area contributed by atoms with Crippen molar-refractivity contribution in [3.8, 4) is 17.6 Å². The average molecular weight is 510 g/mol. The van der Waals surface area contributed by atoms with Crippen LogP contribution in [0.25, 0.3) is 0 Å². The summed E-state index contributed by atoms with van der Waals surface area (Å²) in [4.78, 5) is 29.3. The molecule has 2 saturated heterocycles. The number of aliphatic carboxylic acids is 1. The molecule has 38 heavy (non-hydrogen) atoms.